The number of thioether (sulfide) groups is 1. The maximum atomic E-state index is 13.6. The quantitative estimate of drug-likeness (QED) is 0.669. The Bertz CT molecular complexity index is 489. The SMILES string of the molecule is CSC1(CNC(C)c2cc(F)c(Cl)cc2Cl)CCCCC1. The van der Waals surface area contributed by atoms with E-state index >= 15 is 0 Å². The number of nitrogens with one attached hydrogen (secondary N) is 1. The predicted octanol–water partition coefficient (Wildman–Crippen LogP) is 5.85. The van der Waals surface area contributed by atoms with Crippen LogP contribution in [0.3, 0.4) is 0 Å². The fourth-order valence-corrected chi connectivity index (χ4v) is 4.44. The number of hydrogen-bond acceptors (Lipinski definition) is 2. The van der Waals surface area contributed by atoms with Crippen LogP contribution in [0.15, 0.2) is 12.1 Å². The fourth-order valence-electron chi connectivity index (χ4n) is 2.97. The molecule has 21 heavy (non-hydrogen) atoms. The summed E-state index contributed by atoms with van der Waals surface area (Å²) in [6, 6.07) is 2.93. The molecule has 0 heterocycles. The van der Waals surface area contributed by atoms with Gasteiger partial charge in [-0.05, 0) is 43.7 Å². The zero-order chi connectivity index (χ0) is 15.5. The first-order valence-corrected chi connectivity index (χ1v) is 9.38. The van der Waals surface area contributed by atoms with E-state index in [1.165, 1.54) is 44.2 Å². The summed E-state index contributed by atoms with van der Waals surface area (Å²) >= 11 is 13.9. The molecular weight excluding hydrogens is 328 g/mol. The van der Waals surface area contributed by atoms with E-state index in [9.17, 15) is 4.39 Å². The van der Waals surface area contributed by atoms with Crippen LogP contribution in [0.25, 0.3) is 0 Å². The highest BCUT2D eigenvalue weighted by Crippen LogP contribution is 2.38. The van der Waals surface area contributed by atoms with E-state index in [1.807, 2.05) is 18.7 Å². The van der Waals surface area contributed by atoms with Gasteiger partial charge in [-0.3, -0.25) is 0 Å². The Morgan fingerprint density at radius 3 is 2.52 bits per heavy atom. The van der Waals surface area contributed by atoms with E-state index in [0.717, 1.165) is 12.1 Å². The molecule has 1 atom stereocenters. The molecule has 0 radical (unpaired) electrons. The monoisotopic (exact) mass is 349 g/mol. The van der Waals surface area contributed by atoms with Gasteiger partial charge in [0.25, 0.3) is 0 Å². The van der Waals surface area contributed by atoms with Crippen LogP contribution in [-0.4, -0.2) is 17.5 Å². The van der Waals surface area contributed by atoms with Crippen molar-refractivity contribution in [3.8, 4) is 0 Å². The van der Waals surface area contributed by atoms with Gasteiger partial charge in [-0.1, -0.05) is 42.5 Å². The second kappa shape index (κ2) is 7.54. The summed E-state index contributed by atoms with van der Waals surface area (Å²) in [5, 5.41) is 4.12. The van der Waals surface area contributed by atoms with E-state index < -0.39 is 5.82 Å². The molecule has 1 fully saturated rings. The minimum Gasteiger partial charge on any atom is -0.309 e. The Kier molecular flexibility index (Phi) is 6.25. The summed E-state index contributed by atoms with van der Waals surface area (Å²) in [5.41, 5.74) is 0.769. The van der Waals surface area contributed by atoms with Crippen molar-refractivity contribution in [3.63, 3.8) is 0 Å². The van der Waals surface area contributed by atoms with Crippen LogP contribution < -0.4 is 5.32 Å². The standard InChI is InChI=1S/C16H22Cl2FNS/c1-11(12-8-15(19)14(18)9-13(12)17)20-10-16(21-2)6-4-3-5-7-16/h8-9,11,20H,3-7,10H2,1-2H3. The smallest absolute Gasteiger partial charge is 0.142 e. The van der Waals surface area contributed by atoms with Crippen LogP contribution in [0.5, 0.6) is 0 Å². The van der Waals surface area contributed by atoms with Crippen molar-refractivity contribution in [1.29, 1.82) is 0 Å². The molecule has 1 aromatic carbocycles. The Balaban J connectivity index is 2.04. The van der Waals surface area contributed by atoms with Gasteiger partial charge < -0.3 is 5.32 Å². The molecule has 1 nitrogen and oxygen atoms in total. The molecule has 1 unspecified atom stereocenters. The van der Waals surface area contributed by atoms with Gasteiger partial charge in [0.1, 0.15) is 5.82 Å². The highest BCUT2D eigenvalue weighted by molar-refractivity contribution is 8.00. The Morgan fingerprint density at radius 2 is 1.90 bits per heavy atom. The lowest BCUT2D eigenvalue weighted by atomic mass is 9.88. The summed E-state index contributed by atoms with van der Waals surface area (Å²) in [4.78, 5) is 0. The molecule has 0 bridgehead atoms. The molecule has 1 N–H and O–H groups in total. The van der Waals surface area contributed by atoms with Gasteiger partial charge in [-0.15, -0.1) is 0 Å². The second-order valence-electron chi connectivity index (χ2n) is 5.84. The van der Waals surface area contributed by atoms with Gasteiger partial charge in [0.15, 0.2) is 0 Å². The first-order valence-electron chi connectivity index (χ1n) is 7.40. The number of halogens is 3. The van der Waals surface area contributed by atoms with Crippen molar-refractivity contribution in [1.82, 2.24) is 5.32 Å². The van der Waals surface area contributed by atoms with E-state index in [-0.39, 0.29) is 11.1 Å². The molecule has 1 aliphatic rings. The first kappa shape index (κ1) is 17.4. The highest BCUT2D eigenvalue weighted by Gasteiger charge is 2.31. The van der Waals surface area contributed by atoms with E-state index in [2.05, 4.69) is 11.6 Å². The van der Waals surface area contributed by atoms with Gasteiger partial charge in [-0.2, -0.15) is 11.8 Å². The van der Waals surface area contributed by atoms with Gasteiger partial charge in [0.2, 0.25) is 0 Å². The number of benzene rings is 1. The second-order valence-corrected chi connectivity index (χ2v) is 7.93. The minimum absolute atomic E-state index is 0.00946. The predicted molar refractivity (Wildman–Crippen MR) is 92.2 cm³/mol. The number of rotatable bonds is 5. The van der Waals surface area contributed by atoms with Crippen LogP contribution in [0.2, 0.25) is 10.0 Å². The zero-order valence-corrected chi connectivity index (χ0v) is 14.8. The molecule has 0 saturated heterocycles. The third-order valence-corrected chi connectivity index (χ3v) is 6.47. The van der Waals surface area contributed by atoms with E-state index in [1.54, 1.807) is 0 Å². The summed E-state index contributed by atoms with van der Waals surface area (Å²) in [6.07, 6.45) is 8.62. The average molecular weight is 350 g/mol. The van der Waals surface area contributed by atoms with Crippen LogP contribution in [0, 0.1) is 5.82 Å². The van der Waals surface area contributed by atoms with Crippen molar-refractivity contribution in [2.75, 3.05) is 12.8 Å². The molecular formula is C16H22Cl2FNS. The molecule has 0 aromatic heterocycles. The van der Waals surface area contributed by atoms with Gasteiger partial charge >= 0.3 is 0 Å². The van der Waals surface area contributed by atoms with Crippen molar-refractivity contribution in [3.05, 3.63) is 33.6 Å². The summed E-state index contributed by atoms with van der Waals surface area (Å²) in [6.45, 7) is 2.95. The lowest BCUT2D eigenvalue weighted by Gasteiger charge is -2.37. The number of hydrogen-bond donors (Lipinski definition) is 1. The third-order valence-electron chi connectivity index (χ3n) is 4.43. The average Bonchev–Trinajstić information content (AvgIpc) is 2.49. The molecule has 0 amide bonds. The van der Waals surface area contributed by atoms with Crippen molar-refractivity contribution in [2.45, 2.75) is 49.8 Å². The Labute approximate surface area is 141 Å². The van der Waals surface area contributed by atoms with Crippen LogP contribution >= 0.6 is 35.0 Å². The Morgan fingerprint density at radius 1 is 1.24 bits per heavy atom. The third kappa shape index (κ3) is 4.28. The lowest BCUT2D eigenvalue weighted by Crippen LogP contribution is -2.40. The van der Waals surface area contributed by atoms with Crippen LogP contribution in [0.4, 0.5) is 4.39 Å². The molecule has 1 aromatic rings. The van der Waals surface area contributed by atoms with Gasteiger partial charge in [-0.25, -0.2) is 4.39 Å². The zero-order valence-electron chi connectivity index (χ0n) is 12.5. The fraction of sp³-hybridized carbons (Fsp3) is 0.625. The maximum absolute atomic E-state index is 13.6. The normalized spacial score (nSPS) is 19.5. The van der Waals surface area contributed by atoms with E-state index in [4.69, 9.17) is 23.2 Å². The van der Waals surface area contributed by atoms with Crippen LogP contribution in [0.1, 0.15) is 50.6 Å². The van der Waals surface area contributed by atoms with Gasteiger partial charge in [0, 0.05) is 22.4 Å². The maximum Gasteiger partial charge on any atom is 0.142 e. The molecule has 1 saturated carbocycles. The summed E-state index contributed by atoms with van der Waals surface area (Å²) in [7, 11) is 0. The summed E-state index contributed by atoms with van der Waals surface area (Å²) < 4.78 is 13.9. The largest absolute Gasteiger partial charge is 0.309 e. The minimum atomic E-state index is -0.415. The molecule has 0 spiro atoms. The molecule has 118 valence electrons. The van der Waals surface area contributed by atoms with E-state index in [0.29, 0.717) is 9.77 Å². The van der Waals surface area contributed by atoms with Gasteiger partial charge in [0.05, 0.1) is 5.02 Å². The lowest BCUT2D eigenvalue weighted by molar-refractivity contribution is 0.367. The van der Waals surface area contributed by atoms with Crippen LogP contribution in [-0.2, 0) is 0 Å². The Hall–Kier alpha value is 0.0400. The van der Waals surface area contributed by atoms with Crippen molar-refractivity contribution >= 4 is 35.0 Å². The highest BCUT2D eigenvalue weighted by atomic mass is 35.5. The molecule has 0 aliphatic heterocycles. The molecule has 5 heteroatoms. The molecule has 2 rings (SSSR count). The molecule has 1 aliphatic carbocycles. The van der Waals surface area contributed by atoms with Crippen molar-refractivity contribution < 1.29 is 4.39 Å². The summed E-state index contributed by atoms with van der Waals surface area (Å²) in [5.74, 6) is -0.415. The van der Waals surface area contributed by atoms with Crippen molar-refractivity contribution in [2.24, 2.45) is 0 Å². The first-order chi connectivity index (χ1) is 9.97. The topological polar surface area (TPSA) is 12.0 Å².